The van der Waals surface area contributed by atoms with E-state index in [4.69, 9.17) is 0 Å². The minimum atomic E-state index is -0.648. The second kappa shape index (κ2) is 8.92. The first-order valence-electron chi connectivity index (χ1n) is 9.35. The summed E-state index contributed by atoms with van der Waals surface area (Å²) in [6.07, 6.45) is 0.0282. The quantitative estimate of drug-likeness (QED) is 0.648. The van der Waals surface area contributed by atoms with Crippen LogP contribution in [0.1, 0.15) is 6.42 Å². The molecular formula is C23H18FN3O2S. The van der Waals surface area contributed by atoms with Gasteiger partial charge in [-0.05, 0) is 48.5 Å². The van der Waals surface area contributed by atoms with E-state index in [1.165, 1.54) is 36.0 Å². The third-order valence-electron chi connectivity index (χ3n) is 4.45. The maximum Gasteiger partial charge on any atom is 0.238 e. The molecule has 1 aliphatic rings. The van der Waals surface area contributed by atoms with Crippen molar-refractivity contribution in [2.45, 2.75) is 11.7 Å². The van der Waals surface area contributed by atoms with Crippen molar-refractivity contribution in [3.05, 3.63) is 90.7 Å². The Balaban J connectivity index is 1.62. The molecule has 0 aromatic heterocycles. The lowest BCUT2D eigenvalue weighted by Gasteiger charge is -2.31. The van der Waals surface area contributed by atoms with Crippen LogP contribution in [-0.2, 0) is 9.59 Å². The van der Waals surface area contributed by atoms with E-state index in [2.05, 4.69) is 10.3 Å². The zero-order valence-electron chi connectivity index (χ0n) is 15.9. The Kier molecular flexibility index (Phi) is 5.90. The molecule has 0 saturated carbocycles. The first kappa shape index (κ1) is 19.8. The van der Waals surface area contributed by atoms with Gasteiger partial charge < -0.3 is 5.32 Å². The molecular weight excluding hydrogens is 401 g/mol. The van der Waals surface area contributed by atoms with Crippen LogP contribution in [0.5, 0.6) is 0 Å². The predicted octanol–water partition coefficient (Wildman–Crippen LogP) is 4.99. The van der Waals surface area contributed by atoms with Gasteiger partial charge in [0.1, 0.15) is 11.1 Å². The molecule has 0 bridgehead atoms. The van der Waals surface area contributed by atoms with Crippen LogP contribution >= 0.6 is 11.8 Å². The highest BCUT2D eigenvalue weighted by Crippen LogP contribution is 2.33. The van der Waals surface area contributed by atoms with Crippen molar-refractivity contribution < 1.29 is 14.0 Å². The van der Waals surface area contributed by atoms with Crippen molar-refractivity contribution in [1.29, 1.82) is 0 Å². The molecule has 7 heteroatoms. The maximum atomic E-state index is 13.1. The normalized spacial score (nSPS) is 17.8. The molecule has 0 radical (unpaired) electrons. The fraction of sp³-hybridized carbons (Fsp3) is 0.0870. The zero-order chi connectivity index (χ0) is 20.9. The number of benzene rings is 3. The standard InChI is InChI=1S/C23H18FN3O2S/c24-16-11-13-18(14-12-16)25-22(29)20-15-21(28)27(19-9-5-2-6-10-19)23(30-20)26-17-7-3-1-4-8-17/h1-14,20H,15H2,(H,25,29)/t20-/m0/s1. The van der Waals surface area contributed by atoms with E-state index < -0.39 is 5.25 Å². The number of thioether (sulfide) groups is 1. The van der Waals surface area contributed by atoms with Gasteiger partial charge in [0.05, 0.1) is 11.4 Å². The molecule has 4 rings (SSSR count). The van der Waals surface area contributed by atoms with Gasteiger partial charge in [0.15, 0.2) is 5.17 Å². The fourth-order valence-electron chi connectivity index (χ4n) is 3.00. The lowest BCUT2D eigenvalue weighted by Crippen LogP contribution is -2.45. The van der Waals surface area contributed by atoms with E-state index in [9.17, 15) is 14.0 Å². The fourth-order valence-corrected chi connectivity index (χ4v) is 4.12. The Morgan fingerprint density at radius 1 is 0.967 bits per heavy atom. The monoisotopic (exact) mass is 419 g/mol. The number of aliphatic imine (C=N–C) groups is 1. The van der Waals surface area contributed by atoms with E-state index in [1.807, 2.05) is 60.7 Å². The number of nitrogens with one attached hydrogen (secondary N) is 1. The first-order valence-corrected chi connectivity index (χ1v) is 10.2. The van der Waals surface area contributed by atoms with Crippen LogP contribution in [0.4, 0.5) is 21.5 Å². The van der Waals surface area contributed by atoms with Crippen LogP contribution in [0.15, 0.2) is 89.9 Å². The van der Waals surface area contributed by atoms with Crippen LogP contribution in [-0.4, -0.2) is 22.2 Å². The van der Waals surface area contributed by atoms with Gasteiger partial charge in [0.2, 0.25) is 11.8 Å². The second-order valence-electron chi connectivity index (χ2n) is 6.60. The third kappa shape index (κ3) is 4.58. The van der Waals surface area contributed by atoms with E-state index in [-0.39, 0.29) is 24.1 Å². The minimum Gasteiger partial charge on any atom is -0.325 e. The Morgan fingerprint density at radius 2 is 1.60 bits per heavy atom. The number of hydrogen-bond acceptors (Lipinski definition) is 4. The molecule has 30 heavy (non-hydrogen) atoms. The summed E-state index contributed by atoms with van der Waals surface area (Å²) in [4.78, 5) is 32.0. The van der Waals surface area contributed by atoms with Gasteiger partial charge in [-0.15, -0.1) is 0 Å². The van der Waals surface area contributed by atoms with E-state index in [1.54, 1.807) is 4.90 Å². The lowest BCUT2D eigenvalue weighted by atomic mass is 10.2. The summed E-state index contributed by atoms with van der Waals surface area (Å²) in [6, 6.07) is 24.0. The number of carbonyl (C=O) groups excluding carboxylic acids is 2. The molecule has 150 valence electrons. The molecule has 2 amide bonds. The zero-order valence-corrected chi connectivity index (χ0v) is 16.7. The molecule has 1 saturated heterocycles. The largest absolute Gasteiger partial charge is 0.325 e. The van der Waals surface area contributed by atoms with Gasteiger partial charge in [-0.1, -0.05) is 48.2 Å². The van der Waals surface area contributed by atoms with E-state index in [0.29, 0.717) is 22.2 Å². The van der Waals surface area contributed by atoms with Crippen LogP contribution in [0.25, 0.3) is 0 Å². The van der Waals surface area contributed by atoms with Crippen molar-refractivity contribution in [3.63, 3.8) is 0 Å². The Labute approximate surface area is 177 Å². The first-order chi connectivity index (χ1) is 14.6. The number of halogens is 1. The number of amidine groups is 1. The molecule has 0 unspecified atom stereocenters. The molecule has 1 heterocycles. The smallest absolute Gasteiger partial charge is 0.238 e. The second-order valence-corrected chi connectivity index (χ2v) is 7.77. The molecule has 0 aliphatic carbocycles. The summed E-state index contributed by atoms with van der Waals surface area (Å²) in [6.45, 7) is 0. The summed E-state index contributed by atoms with van der Waals surface area (Å²) in [5.74, 6) is -0.923. The molecule has 3 aromatic carbocycles. The van der Waals surface area contributed by atoms with Crippen molar-refractivity contribution >= 4 is 45.8 Å². The molecule has 1 aliphatic heterocycles. The number of carbonyl (C=O) groups is 2. The van der Waals surface area contributed by atoms with Gasteiger partial charge in [-0.2, -0.15) is 0 Å². The summed E-state index contributed by atoms with van der Waals surface area (Å²) in [5, 5.41) is 2.53. The summed E-state index contributed by atoms with van der Waals surface area (Å²) >= 11 is 1.23. The number of para-hydroxylation sites is 2. The third-order valence-corrected chi connectivity index (χ3v) is 5.60. The van der Waals surface area contributed by atoms with Crippen LogP contribution in [0, 0.1) is 5.82 Å². The molecule has 1 atom stereocenters. The Morgan fingerprint density at radius 3 is 2.27 bits per heavy atom. The van der Waals surface area contributed by atoms with E-state index >= 15 is 0 Å². The van der Waals surface area contributed by atoms with Crippen molar-refractivity contribution in [2.75, 3.05) is 10.2 Å². The van der Waals surface area contributed by atoms with Crippen molar-refractivity contribution in [1.82, 2.24) is 0 Å². The maximum absolute atomic E-state index is 13.1. The summed E-state index contributed by atoms with van der Waals surface area (Å²) < 4.78 is 13.1. The van der Waals surface area contributed by atoms with Crippen molar-refractivity contribution in [2.24, 2.45) is 4.99 Å². The van der Waals surface area contributed by atoms with Crippen LogP contribution in [0.2, 0.25) is 0 Å². The van der Waals surface area contributed by atoms with Gasteiger partial charge >= 0.3 is 0 Å². The summed E-state index contributed by atoms with van der Waals surface area (Å²) in [7, 11) is 0. The number of nitrogens with zero attached hydrogens (tertiary/aromatic N) is 2. The number of hydrogen-bond donors (Lipinski definition) is 1. The Bertz CT molecular complexity index is 1070. The van der Waals surface area contributed by atoms with E-state index in [0.717, 1.165) is 0 Å². The number of rotatable bonds is 4. The van der Waals surface area contributed by atoms with Gasteiger partial charge in [0.25, 0.3) is 0 Å². The molecule has 0 spiro atoms. The van der Waals surface area contributed by atoms with Crippen molar-refractivity contribution in [3.8, 4) is 0 Å². The Hall–Kier alpha value is -3.45. The molecule has 3 aromatic rings. The SMILES string of the molecule is O=C(Nc1ccc(F)cc1)[C@@H]1CC(=O)N(c2ccccc2)C(=Nc2ccccc2)S1. The average molecular weight is 419 g/mol. The van der Waals surface area contributed by atoms with Gasteiger partial charge in [-0.3, -0.25) is 14.5 Å². The minimum absolute atomic E-state index is 0.0282. The van der Waals surface area contributed by atoms with Gasteiger partial charge in [-0.25, -0.2) is 9.38 Å². The van der Waals surface area contributed by atoms with Crippen LogP contribution < -0.4 is 10.2 Å². The van der Waals surface area contributed by atoms with Gasteiger partial charge in [0, 0.05) is 12.1 Å². The summed E-state index contributed by atoms with van der Waals surface area (Å²) in [5.41, 5.74) is 1.86. The molecule has 1 fully saturated rings. The highest BCUT2D eigenvalue weighted by atomic mass is 32.2. The number of anilines is 2. The van der Waals surface area contributed by atoms with Crippen LogP contribution in [0.3, 0.4) is 0 Å². The number of amides is 2. The highest BCUT2D eigenvalue weighted by molar-refractivity contribution is 8.15. The average Bonchev–Trinajstić information content (AvgIpc) is 2.76. The lowest BCUT2D eigenvalue weighted by molar-refractivity contribution is -0.121. The molecule has 5 nitrogen and oxygen atoms in total. The topological polar surface area (TPSA) is 61.8 Å². The highest BCUT2D eigenvalue weighted by Gasteiger charge is 2.36. The molecule has 1 N–H and O–H groups in total. The predicted molar refractivity (Wildman–Crippen MR) is 118 cm³/mol.